The third kappa shape index (κ3) is 5.34. The van der Waals surface area contributed by atoms with Crippen molar-refractivity contribution >= 4 is 17.8 Å². The molecule has 0 saturated carbocycles. The third-order valence-electron chi connectivity index (χ3n) is 4.67. The molecule has 0 heterocycles. The highest BCUT2D eigenvalue weighted by Gasteiger charge is 2.22. The van der Waals surface area contributed by atoms with Gasteiger partial charge in [0.2, 0.25) is 0 Å². The molecule has 1 unspecified atom stereocenters. The molecule has 3 nitrogen and oxygen atoms in total. The van der Waals surface area contributed by atoms with Gasteiger partial charge in [-0.2, -0.15) is 0 Å². The maximum absolute atomic E-state index is 13.1. The summed E-state index contributed by atoms with van der Waals surface area (Å²) in [5, 5.41) is 3.02. The van der Waals surface area contributed by atoms with Crippen LogP contribution in [0.25, 0.3) is 6.08 Å². The Morgan fingerprint density at radius 1 is 0.893 bits per heavy atom. The Balaban J connectivity index is 1.83. The largest absolute Gasteiger partial charge is 0.322 e. The zero-order valence-electron chi connectivity index (χ0n) is 16.4. The van der Waals surface area contributed by atoms with Crippen LogP contribution in [0.4, 0.5) is 10.5 Å². The van der Waals surface area contributed by atoms with Gasteiger partial charge in [0.05, 0.1) is 6.04 Å². The van der Waals surface area contributed by atoms with Crippen LogP contribution in [0, 0.1) is 0 Å². The number of rotatable bonds is 6. The molecule has 0 aliphatic carbocycles. The van der Waals surface area contributed by atoms with Gasteiger partial charge < -0.3 is 10.2 Å². The Morgan fingerprint density at radius 3 is 2.04 bits per heavy atom. The number of anilines is 1. The number of carbonyl (C=O) groups is 1. The van der Waals surface area contributed by atoms with Crippen molar-refractivity contribution in [2.45, 2.75) is 19.9 Å². The number of amides is 2. The van der Waals surface area contributed by atoms with Crippen LogP contribution in [-0.2, 0) is 0 Å². The molecule has 2 amide bonds. The van der Waals surface area contributed by atoms with Crippen LogP contribution in [0.2, 0.25) is 0 Å². The van der Waals surface area contributed by atoms with E-state index in [0.717, 1.165) is 22.4 Å². The van der Waals surface area contributed by atoms with Crippen molar-refractivity contribution < 1.29 is 4.79 Å². The van der Waals surface area contributed by atoms with Crippen LogP contribution < -0.4 is 5.32 Å². The normalized spacial score (nSPS) is 12.3. The van der Waals surface area contributed by atoms with Crippen molar-refractivity contribution in [1.82, 2.24) is 4.90 Å². The van der Waals surface area contributed by atoms with Gasteiger partial charge in [-0.05, 0) is 37.1 Å². The minimum Gasteiger partial charge on any atom is -0.314 e. The van der Waals surface area contributed by atoms with Crippen LogP contribution in [0.1, 0.15) is 31.0 Å². The lowest BCUT2D eigenvalue weighted by Crippen LogP contribution is -2.38. The minimum absolute atomic E-state index is 0.0518. The first-order chi connectivity index (χ1) is 13.6. The van der Waals surface area contributed by atoms with Crippen molar-refractivity contribution in [2.75, 3.05) is 11.9 Å². The van der Waals surface area contributed by atoms with Gasteiger partial charge in [-0.15, -0.1) is 0 Å². The van der Waals surface area contributed by atoms with E-state index in [0.29, 0.717) is 6.54 Å². The molecule has 0 spiro atoms. The summed E-state index contributed by atoms with van der Waals surface area (Å²) >= 11 is 0. The predicted octanol–water partition coefficient (Wildman–Crippen LogP) is 6.39. The van der Waals surface area contributed by atoms with E-state index < -0.39 is 0 Å². The van der Waals surface area contributed by atoms with E-state index in [9.17, 15) is 4.79 Å². The second-order valence-corrected chi connectivity index (χ2v) is 6.91. The molecule has 3 heteroatoms. The third-order valence-corrected chi connectivity index (χ3v) is 4.67. The number of para-hydroxylation sites is 1. The molecular formula is C25H26N2O. The summed E-state index contributed by atoms with van der Waals surface area (Å²) in [6.07, 6.45) is 2.13. The molecule has 3 rings (SSSR count). The lowest BCUT2D eigenvalue weighted by atomic mass is 10.1. The highest BCUT2D eigenvalue weighted by molar-refractivity contribution is 5.89. The van der Waals surface area contributed by atoms with Gasteiger partial charge >= 0.3 is 6.03 Å². The van der Waals surface area contributed by atoms with Crippen LogP contribution in [0.5, 0.6) is 0 Å². The second-order valence-electron chi connectivity index (χ2n) is 6.91. The molecule has 0 aromatic heterocycles. The summed E-state index contributed by atoms with van der Waals surface area (Å²) in [5.74, 6) is 0. The number of benzene rings is 3. The Bertz CT molecular complexity index is 905. The number of nitrogens with one attached hydrogen (secondary N) is 1. The maximum Gasteiger partial charge on any atom is 0.322 e. The Morgan fingerprint density at radius 2 is 1.43 bits per heavy atom. The molecule has 0 fully saturated rings. The number of urea groups is 1. The smallest absolute Gasteiger partial charge is 0.314 e. The van der Waals surface area contributed by atoms with Gasteiger partial charge in [-0.3, -0.25) is 0 Å². The molecule has 0 saturated heterocycles. The van der Waals surface area contributed by atoms with Crippen molar-refractivity contribution in [2.24, 2.45) is 0 Å². The number of hydrogen-bond donors (Lipinski definition) is 1. The maximum atomic E-state index is 13.1. The number of hydrogen-bond acceptors (Lipinski definition) is 1. The van der Waals surface area contributed by atoms with E-state index in [4.69, 9.17) is 0 Å². The van der Waals surface area contributed by atoms with Crippen LogP contribution in [0.15, 0.2) is 96.6 Å². The molecule has 1 N–H and O–H groups in total. The highest BCUT2D eigenvalue weighted by atomic mass is 16.2. The molecule has 0 aliphatic rings. The van der Waals surface area contributed by atoms with Gasteiger partial charge in [0.1, 0.15) is 0 Å². The first kappa shape index (κ1) is 19.4. The summed E-state index contributed by atoms with van der Waals surface area (Å²) in [6, 6.07) is 29.7. The van der Waals surface area contributed by atoms with E-state index >= 15 is 0 Å². The van der Waals surface area contributed by atoms with E-state index in [1.165, 1.54) is 0 Å². The van der Waals surface area contributed by atoms with Crippen molar-refractivity contribution in [3.05, 3.63) is 108 Å². The first-order valence-corrected chi connectivity index (χ1v) is 9.53. The molecule has 3 aromatic rings. The van der Waals surface area contributed by atoms with Gasteiger partial charge in [-0.25, -0.2) is 4.79 Å². The monoisotopic (exact) mass is 370 g/mol. The van der Waals surface area contributed by atoms with E-state index in [1.54, 1.807) is 0 Å². The highest BCUT2D eigenvalue weighted by Crippen LogP contribution is 2.23. The summed E-state index contributed by atoms with van der Waals surface area (Å²) < 4.78 is 0. The quantitative estimate of drug-likeness (QED) is 0.536. The Labute approximate surface area is 167 Å². The fourth-order valence-corrected chi connectivity index (χ4v) is 3.16. The van der Waals surface area contributed by atoms with Crippen LogP contribution in [0.3, 0.4) is 0 Å². The average Bonchev–Trinajstić information content (AvgIpc) is 2.73. The molecule has 1 atom stereocenters. The summed E-state index contributed by atoms with van der Waals surface area (Å²) in [4.78, 5) is 15.0. The Kier molecular flexibility index (Phi) is 6.64. The molecule has 0 aliphatic heterocycles. The standard InChI is InChI=1S/C25H26N2O/c1-20(18-22-12-6-3-7-13-22)19-27(21(2)23-14-8-4-9-15-23)25(28)26-24-16-10-5-11-17-24/h3-18,21H,19H2,1-2H3,(H,26,28)/b20-18+. The zero-order chi connectivity index (χ0) is 19.8. The minimum atomic E-state index is -0.108. The lowest BCUT2D eigenvalue weighted by Gasteiger charge is -2.30. The lowest BCUT2D eigenvalue weighted by molar-refractivity contribution is 0.199. The van der Waals surface area contributed by atoms with Crippen LogP contribution in [-0.4, -0.2) is 17.5 Å². The molecule has 0 radical (unpaired) electrons. The summed E-state index contributed by atoms with van der Waals surface area (Å²) in [7, 11) is 0. The fourth-order valence-electron chi connectivity index (χ4n) is 3.16. The topological polar surface area (TPSA) is 32.3 Å². The Hall–Kier alpha value is -3.33. The van der Waals surface area contributed by atoms with Gasteiger partial charge in [0.25, 0.3) is 0 Å². The van der Waals surface area contributed by atoms with E-state index in [2.05, 4.69) is 49.5 Å². The van der Waals surface area contributed by atoms with Crippen molar-refractivity contribution in [3.63, 3.8) is 0 Å². The van der Waals surface area contributed by atoms with Gasteiger partial charge in [-0.1, -0.05) is 90.5 Å². The molecule has 142 valence electrons. The SMILES string of the molecule is C/C(=C\c1ccccc1)CN(C(=O)Nc1ccccc1)C(C)c1ccccc1. The van der Waals surface area contributed by atoms with Crippen molar-refractivity contribution in [1.29, 1.82) is 0 Å². The zero-order valence-corrected chi connectivity index (χ0v) is 16.4. The average molecular weight is 370 g/mol. The summed E-state index contributed by atoms with van der Waals surface area (Å²) in [5.41, 5.74) is 4.16. The summed E-state index contributed by atoms with van der Waals surface area (Å²) in [6.45, 7) is 4.67. The van der Waals surface area contributed by atoms with Gasteiger partial charge in [0.15, 0.2) is 0 Å². The number of nitrogens with zero attached hydrogens (tertiary/aromatic N) is 1. The molecular weight excluding hydrogens is 344 g/mol. The molecule has 0 bridgehead atoms. The first-order valence-electron chi connectivity index (χ1n) is 9.53. The molecule has 28 heavy (non-hydrogen) atoms. The second kappa shape index (κ2) is 9.56. The molecule has 3 aromatic carbocycles. The fraction of sp³-hybridized carbons (Fsp3) is 0.160. The van der Waals surface area contributed by atoms with Gasteiger partial charge in [0, 0.05) is 12.2 Å². The predicted molar refractivity (Wildman–Crippen MR) is 117 cm³/mol. The van der Waals surface area contributed by atoms with E-state index in [1.807, 2.05) is 71.6 Å². The van der Waals surface area contributed by atoms with E-state index in [-0.39, 0.29) is 12.1 Å². The number of carbonyl (C=O) groups excluding carboxylic acids is 1. The van der Waals surface area contributed by atoms with Crippen molar-refractivity contribution in [3.8, 4) is 0 Å². The van der Waals surface area contributed by atoms with Crippen LogP contribution >= 0.6 is 0 Å².